The van der Waals surface area contributed by atoms with Gasteiger partial charge in [-0.15, -0.1) is 0 Å². The van der Waals surface area contributed by atoms with E-state index in [9.17, 15) is 9.59 Å². The fourth-order valence-corrected chi connectivity index (χ4v) is 3.22. The zero-order valence-electron chi connectivity index (χ0n) is 14.6. The molecule has 1 aliphatic rings. The van der Waals surface area contributed by atoms with Gasteiger partial charge < -0.3 is 10.5 Å². The molecule has 0 saturated heterocycles. The summed E-state index contributed by atoms with van der Waals surface area (Å²) in [6, 6.07) is 9.57. The summed E-state index contributed by atoms with van der Waals surface area (Å²) in [5.74, 6) is -0.0508. The van der Waals surface area contributed by atoms with Gasteiger partial charge in [-0.3, -0.25) is 9.69 Å². The molecule has 1 aromatic carbocycles. The molecule has 0 saturated carbocycles. The molecular weight excluding hydrogens is 318 g/mol. The molecule has 0 spiro atoms. The lowest BCUT2D eigenvalue weighted by molar-refractivity contribution is -0.117. The van der Waals surface area contributed by atoms with Crippen molar-refractivity contribution >= 4 is 23.4 Å². The smallest absolute Gasteiger partial charge is 0.342 e. The highest BCUT2D eigenvalue weighted by molar-refractivity contribution is 6.06. The van der Waals surface area contributed by atoms with Crippen molar-refractivity contribution in [3.05, 3.63) is 52.7 Å². The van der Waals surface area contributed by atoms with Crippen LogP contribution in [-0.2, 0) is 16.0 Å². The van der Waals surface area contributed by atoms with Crippen molar-refractivity contribution in [1.82, 2.24) is 4.98 Å². The van der Waals surface area contributed by atoms with Crippen LogP contribution in [0.2, 0.25) is 0 Å². The highest BCUT2D eigenvalue weighted by Crippen LogP contribution is 2.39. The maximum atomic E-state index is 12.6. The summed E-state index contributed by atoms with van der Waals surface area (Å²) in [4.78, 5) is 31.0. The maximum Gasteiger partial charge on any atom is 0.342 e. The number of esters is 1. The third kappa shape index (κ3) is 2.84. The fourth-order valence-electron chi connectivity index (χ4n) is 3.22. The summed E-state index contributed by atoms with van der Waals surface area (Å²) in [5, 5.41) is 0. The second kappa shape index (κ2) is 6.55. The Balaban J connectivity index is 2.06. The van der Waals surface area contributed by atoms with E-state index in [4.69, 9.17) is 10.5 Å². The third-order valence-electron chi connectivity index (χ3n) is 4.47. The molecule has 1 aliphatic heterocycles. The van der Waals surface area contributed by atoms with E-state index in [-0.39, 0.29) is 36.2 Å². The molecule has 1 atom stereocenters. The number of aryl methyl sites for hydroxylation is 1. The molecule has 0 fully saturated rings. The highest BCUT2D eigenvalue weighted by atomic mass is 16.5. The van der Waals surface area contributed by atoms with E-state index in [2.05, 4.69) is 4.98 Å². The molecule has 1 aromatic heterocycles. The number of pyridine rings is 1. The van der Waals surface area contributed by atoms with Crippen molar-refractivity contribution in [2.75, 3.05) is 17.2 Å². The lowest BCUT2D eigenvalue weighted by Crippen LogP contribution is -2.30. The van der Waals surface area contributed by atoms with Crippen LogP contribution in [0.3, 0.4) is 0 Å². The average Bonchev–Trinajstić information content (AvgIpc) is 2.91. The number of fused-ring (bicyclic) bond motifs is 1. The summed E-state index contributed by atoms with van der Waals surface area (Å²) in [5.41, 5.74) is 8.83. The van der Waals surface area contributed by atoms with Gasteiger partial charge >= 0.3 is 5.97 Å². The Kier molecular flexibility index (Phi) is 4.44. The summed E-state index contributed by atoms with van der Waals surface area (Å²) >= 11 is 0. The Morgan fingerprint density at radius 3 is 2.68 bits per heavy atom. The fraction of sp³-hybridized carbons (Fsp3) is 0.316. The van der Waals surface area contributed by atoms with Gasteiger partial charge in [0.2, 0.25) is 5.91 Å². The van der Waals surface area contributed by atoms with Gasteiger partial charge in [-0.1, -0.05) is 30.3 Å². The van der Waals surface area contributed by atoms with Crippen LogP contribution in [-0.4, -0.2) is 23.5 Å². The van der Waals surface area contributed by atoms with Crippen molar-refractivity contribution in [2.45, 2.75) is 33.2 Å². The van der Waals surface area contributed by atoms with E-state index in [0.717, 1.165) is 5.56 Å². The molecular formula is C19H21N3O3. The lowest BCUT2D eigenvalue weighted by atomic mass is 10.1. The van der Waals surface area contributed by atoms with Crippen molar-refractivity contribution in [1.29, 1.82) is 0 Å². The summed E-state index contributed by atoms with van der Waals surface area (Å²) in [6.07, 6.45) is 0.137. The summed E-state index contributed by atoms with van der Waals surface area (Å²) in [6.45, 7) is 5.65. The number of anilines is 2. The van der Waals surface area contributed by atoms with E-state index < -0.39 is 5.97 Å². The molecule has 0 radical (unpaired) electrons. The largest absolute Gasteiger partial charge is 0.462 e. The van der Waals surface area contributed by atoms with Crippen LogP contribution in [0.25, 0.3) is 0 Å². The molecule has 2 aromatic rings. The minimum atomic E-state index is -0.505. The van der Waals surface area contributed by atoms with Gasteiger partial charge in [0, 0.05) is 5.56 Å². The Morgan fingerprint density at radius 2 is 2.04 bits per heavy atom. The summed E-state index contributed by atoms with van der Waals surface area (Å²) < 4.78 is 5.06. The zero-order valence-corrected chi connectivity index (χ0v) is 14.6. The van der Waals surface area contributed by atoms with Gasteiger partial charge in [0.15, 0.2) is 0 Å². The molecule has 0 bridgehead atoms. The molecule has 0 aliphatic carbocycles. The van der Waals surface area contributed by atoms with Crippen LogP contribution >= 0.6 is 0 Å². The van der Waals surface area contributed by atoms with Gasteiger partial charge in [-0.25, -0.2) is 9.78 Å². The van der Waals surface area contributed by atoms with Crippen LogP contribution in [0.4, 0.5) is 11.5 Å². The number of benzene rings is 1. The Morgan fingerprint density at radius 1 is 1.36 bits per heavy atom. The highest BCUT2D eigenvalue weighted by Gasteiger charge is 2.36. The third-order valence-corrected chi connectivity index (χ3v) is 4.47. The van der Waals surface area contributed by atoms with E-state index in [1.165, 1.54) is 0 Å². The quantitative estimate of drug-likeness (QED) is 0.866. The monoisotopic (exact) mass is 339 g/mol. The number of nitrogen functional groups attached to an aromatic ring is 1. The number of nitrogens with two attached hydrogens (primary N) is 1. The minimum Gasteiger partial charge on any atom is -0.462 e. The number of ether oxygens (including phenoxy) is 1. The number of aromatic nitrogens is 1. The topological polar surface area (TPSA) is 85.5 Å². The normalized spacial score (nSPS) is 14.4. The van der Waals surface area contributed by atoms with E-state index in [0.29, 0.717) is 17.1 Å². The van der Waals surface area contributed by atoms with Crippen molar-refractivity contribution in [3.8, 4) is 0 Å². The van der Waals surface area contributed by atoms with E-state index >= 15 is 0 Å². The number of hydrogen-bond acceptors (Lipinski definition) is 5. The number of carbonyl (C=O) groups is 2. The van der Waals surface area contributed by atoms with Gasteiger partial charge in [0.25, 0.3) is 0 Å². The van der Waals surface area contributed by atoms with E-state index in [1.807, 2.05) is 37.3 Å². The van der Waals surface area contributed by atoms with Gasteiger partial charge in [-0.05, 0) is 26.3 Å². The minimum absolute atomic E-state index is 0.0778. The van der Waals surface area contributed by atoms with Crippen LogP contribution in [0.1, 0.15) is 47.1 Å². The van der Waals surface area contributed by atoms with Crippen molar-refractivity contribution in [3.63, 3.8) is 0 Å². The van der Waals surface area contributed by atoms with Gasteiger partial charge in [0.05, 0.1) is 30.5 Å². The number of amides is 1. The van der Waals surface area contributed by atoms with Gasteiger partial charge in [-0.2, -0.15) is 0 Å². The second-order valence-corrected chi connectivity index (χ2v) is 6.04. The lowest BCUT2D eigenvalue weighted by Gasteiger charge is -2.25. The van der Waals surface area contributed by atoms with Gasteiger partial charge in [0.1, 0.15) is 11.4 Å². The first-order valence-corrected chi connectivity index (χ1v) is 8.28. The molecule has 6 nitrogen and oxygen atoms in total. The molecule has 25 heavy (non-hydrogen) atoms. The molecule has 0 unspecified atom stereocenters. The first-order chi connectivity index (χ1) is 12.0. The van der Waals surface area contributed by atoms with Crippen LogP contribution in [0.15, 0.2) is 30.3 Å². The van der Waals surface area contributed by atoms with E-state index in [1.54, 1.807) is 18.7 Å². The molecule has 2 N–H and O–H groups in total. The second-order valence-electron chi connectivity index (χ2n) is 6.04. The number of hydrogen-bond donors (Lipinski definition) is 1. The summed E-state index contributed by atoms with van der Waals surface area (Å²) in [7, 11) is 0. The van der Waals surface area contributed by atoms with Crippen LogP contribution in [0.5, 0.6) is 0 Å². The number of carbonyl (C=O) groups excluding carboxylic acids is 2. The van der Waals surface area contributed by atoms with Crippen LogP contribution in [0, 0.1) is 6.92 Å². The SMILES string of the molecule is CCOC(=O)c1c(C)nc2c(c1N)CC(=O)N2[C@@H](C)c1ccccc1. The van der Waals surface area contributed by atoms with Crippen LogP contribution < -0.4 is 10.6 Å². The molecule has 130 valence electrons. The number of rotatable bonds is 4. The first kappa shape index (κ1) is 17.0. The molecule has 2 heterocycles. The maximum absolute atomic E-state index is 12.6. The van der Waals surface area contributed by atoms with Crippen molar-refractivity contribution in [2.24, 2.45) is 0 Å². The molecule has 1 amide bonds. The first-order valence-electron chi connectivity index (χ1n) is 8.28. The predicted molar refractivity (Wildman–Crippen MR) is 95.4 cm³/mol. The molecule has 6 heteroatoms. The van der Waals surface area contributed by atoms with Crippen molar-refractivity contribution < 1.29 is 14.3 Å². The Bertz CT molecular complexity index is 834. The number of nitrogens with zero attached hydrogens (tertiary/aromatic N) is 2. The Hall–Kier alpha value is -2.89. The predicted octanol–water partition coefficient (Wildman–Crippen LogP) is 2.80. The standard InChI is InChI=1S/C19H21N3O3/c1-4-25-19(24)16-11(2)21-18-14(17(16)20)10-15(23)22(18)12(3)13-8-6-5-7-9-13/h5-9,12H,4,10H2,1-3H3,(H2,20,21)/t12-/m0/s1. The zero-order chi connectivity index (χ0) is 18.1. The Labute approximate surface area is 146 Å². The molecule has 3 rings (SSSR count). The average molecular weight is 339 g/mol.